The van der Waals surface area contributed by atoms with E-state index < -0.39 is 15.9 Å². The van der Waals surface area contributed by atoms with Crippen molar-refractivity contribution in [3.63, 3.8) is 0 Å². The van der Waals surface area contributed by atoms with Gasteiger partial charge in [-0.1, -0.05) is 92.0 Å². The van der Waals surface area contributed by atoms with Crippen molar-refractivity contribution in [1.29, 1.82) is 0 Å². The second-order valence-corrected chi connectivity index (χ2v) is 15.2. The molecule has 0 bridgehead atoms. The SMILES string of the molecule is CCCCCCOc1ccc(Nc2ccc(NS(=O)(=O)c3c(C(C)C)cc(C(C)C)cc3C(C)C)cc2NC(=O)c2ccccc2OC)cc1. The summed E-state index contributed by atoms with van der Waals surface area (Å²) in [6.07, 6.45) is 4.54. The van der Waals surface area contributed by atoms with Crippen LogP contribution >= 0.6 is 0 Å². The number of hydrogen-bond acceptors (Lipinski definition) is 6. The molecule has 9 heteroatoms. The fourth-order valence-electron chi connectivity index (χ4n) is 5.76. The van der Waals surface area contributed by atoms with Gasteiger partial charge in [0.2, 0.25) is 0 Å². The summed E-state index contributed by atoms with van der Waals surface area (Å²) in [6.45, 7) is 15.1. The predicted molar refractivity (Wildman–Crippen MR) is 206 cm³/mol. The van der Waals surface area contributed by atoms with Gasteiger partial charge in [0.15, 0.2) is 0 Å². The molecule has 0 aliphatic carbocycles. The van der Waals surface area contributed by atoms with Crippen LogP contribution in [0.3, 0.4) is 0 Å². The van der Waals surface area contributed by atoms with E-state index in [0.29, 0.717) is 39.9 Å². The number of hydrogen-bond donors (Lipinski definition) is 3. The number of anilines is 4. The zero-order chi connectivity index (χ0) is 36.4. The van der Waals surface area contributed by atoms with E-state index in [9.17, 15) is 13.2 Å². The van der Waals surface area contributed by atoms with Crippen LogP contribution in [0.4, 0.5) is 22.7 Å². The molecular formula is C41H53N3O5S. The normalized spacial score (nSPS) is 11.6. The van der Waals surface area contributed by atoms with Gasteiger partial charge >= 0.3 is 0 Å². The van der Waals surface area contributed by atoms with Gasteiger partial charge in [-0.15, -0.1) is 0 Å². The lowest BCUT2D eigenvalue weighted by atomic mass is 9.89. The van der Waals surface area contributed by atoms with Crippen LogP contribution in [0, 0.1) is 0 Å². The molecule has 4 aromatic rings. The summed E-state index contributed by atoms with van der Waals surface area (Å²) in [5, 5.41) is 6.36. The molecule has 0 radical (unpaired) electrons. The molecule has 8 nitrogen and oxygen atoms in total. The Labute approximate surface area is 299 Å². The number of amides is 1. The highest BCUT2D eigenvalue weighted by Crippen LogP contribution is 2.37. The van der Waals surface area contributed by atoms with E-state index in [1.54, 1.807) is 42.5 Å². The Hall–Kier alpha value is -4.50. The number of nitrogens with one attached hydrogen (secondary N) is 3. The van der Waals surface area contributed by atoms with Gasteiger partial charge in [0.05, 0.1) is 41.2 Å². The van der Waals surface area contributed by atoms with Crippen LogP contribution in [0.1, 0.15) is 119 Å². The Morgan fingerprint density at radius 2 is 1.38 bits per heavy atom. The zero-order valence-electron chi connectivity index (χ0n) is 30.7. The van der Waals surface area contributed by atoms with Crippen LogP contribution in [-0.4, -0.2) is 28.0 Å². The highest BCUT2D eigenvalue weighted by Gasteiger charge is 2.27. The Kier molecular flexibility index (Phi) is 13.4. The van der Waals surface area contributed by atoms with Crippen LogP contribution in [0.15, 0.2) is 83.8 Å². The number of rotatable bonds is 17. The molecule has 4 rings (SSSR count). The van der Waals surface area contributed by atoms with Crippen molar-refractivity contribution in [3.8, 4) is 11.5 Å². The number of benzene rings is 4. The minimum Gasteiger partial charge on any atom is -0.496 e. The second-order valence-electron chi connectivity index (χ2n) is 13.6. The van der Waals surface area contributed by atoms with E-state index >= 15 is 0 Å². The van der Waals surface area contributed by atoms with Crippen LogP contribution < -0.4 is 24.8 Å². The molecule has 3 N–H and O–H groups in total. The van der Waals surface area contributed by atoms with Gasteiger partial charge in [0.25, 0.3) is 15.9 Å². The van der Waals surface area contributed by atoms with Crippen molar-refractivity contribution in [3.05, 3.63) is 101 Å². The fourth-order valence-corrected chi connectivity index (χ4v) is 7.51. The number of para-hydroxylation sites is 1. The summed E-state index contributed by atoms with van der Waals surface area (Å²) < 4.78 is 42.7. The monoisotopic (exact) mass is 699 g/mol. The van der Waals surface area contributed by atoms with Gasteiger partial charge < -0.3 is 20.1 Å². The minimum atomic E-state index is -4.02. The number of unbranched alkanes of at least 4 members (excludes halogenated alkanes) is 3. The maximum Gasteiger partial charge on any atom is 0.262 e. The molecule has 0 aromatic heterocycles. The molecule has 0 fully saturated rings. The number of sulfonamides is 1. The number of methoxy groups -OCH3 is 1. The third kappa shape index (κ3) is 9.81. The van der Waals surface area contributed by atoms with E-state index in [0.717, 1.165) is 41.0 Å². The van der Waals surface area contributed by atoms with Gasteiger partial charge in [-0.2, -0.15) is 0 Å². The lowest BCUT2D eigenvalue weighted by Crippen LogP contribution is -2.19. The molecule has 0 aliphatic heterocycles. The Bertz CT molecular complexity index is 1820. The number of carbonyl (C=O) groups is 1. The van der Waals surface area contributed by atoms with Gasteiger partial charge in [-0.3, -0.25) is 9.52 Å². The van der Waals surface area contributed by atoms with E-state index in [1.807, 2.05) is 64.1 Å². The molecule has 0 heterocycles. The van der Waals surface area contributed by atoms with E-state index in [2.05, 4.69) is 36.1 Å². The fraction of sp³-hybridized carbons (Fsp3) is 0.390. The third-order valence-corrected chi connectivity index (χ3v) is 10.1. The largest absolute Gasteiger partial charge is 0.496 e. The molecule has 268 valence electrons. The molecule has 0 aliphatic rings. The van der Waals surface area contributed by atoms with Gasteiger partial charge in [-0.25, -0.2) is 8.42 Å². The van der Waals surface area contributed by atoms with Crippen LogP contribution in [-0.2, 0) is 10.0 Å². The van der Waals surface area contributed by atoms with Crippen molar-refractivity contribution >= 4 is 38.7 Å². The Balaban J connectivity index is 1.69. The van der Waals surface area contributed by atoms with Gasteiger partial charge in [0, 0.05) is 5.69 Å². The first-order valence-electron chi connectivity index (χ1n) is 17.6. The molecule has 0 saturated heterocycles. The van der Waals surface area contributed by atoms with Crippen molar-refractivity contribution in [1.82, 2.24) is 0 Å². The minimum absolute atomic E-state index is 0.0158. The van der Waals surface area contributed by atoms with E-state index in [1.165, 1.54) is 20.0 Å². The molecule has 50 heavy (non-hydrogen) atoms. The van der Waals surface area contributed by atoms with E-state index in [-0.39, 0.29) is 17.8 Å². The molecule has 4 aromatic carbocycles. The van der Waals surface area contributed by atoms with Crippen molar-refractivity contribution in [2.45, 2.75) is 96.8 Å². The Morgan fingerprint density at radius 3 is 1.98 bits per heavy atom. The topological polar surface area (TPSA) is 106 Å². The van der Waals surface area contributed by atoms with Crippen LogP contribution in [0.5, 0.6) is 11.5 Å². The average molecular weight is 700 g/mol. The summed E-state index contributed by atoms with van der Waals surface area (Å²) in [6, 6.07) is 23.7. The highest BCUT2D eigenvalue weighted by molar-refractivity contribution is 7.92. The number of ether oxygens (including phenoxy) is 2. The average Bonchev–Trinajstić information content (AvgIpc) is 3.09. The second kappa shape index (κ2) is 17.4. The maximum absolute atomic E-state index is 14.3. The summed E-state index contributed by atoms with van der Waals surface area (Å²) in [7, 11) is -2.51. The Morgan fingerprint density at radius 1 is 0.740 bits per heavy atom. The molecule has 0 unspecified atom stereocenters. The molecule has 0 spiro atoms. The molecular weight excluding hydrogens is 647 g/mol. The van der Waals surface area contributed by atoms with Crippen molar-refractivity contribution < 1.29 is 22.7 Å². The van der Waals surface area contributed by atoms with Crippen LogP contribution in [0.2, 0.25) is 0 Å². The molecule has 1 amide bonds. The van der Waals surface area contributed by atoms with E-state index in [4.69, 9.17) is 9.47 Å². The standard InChI is InChI=1S/C41H53N3O5S/c1-9-10-11-14-23-49-33-20-17-31(18-21-33)42-37-22-19-32(26-38(37)43-41(45)34-15-12-13-16-39(34)48-8)44-50(46,47)40-35(28(4)5)24-30(27(2)3)25-36(40)29(6)7/h12-13,15-22,24-29,42,44H,9-11,14,23H2,1-8H3,(H,43,45). The summed E-state index contributed by atoms with van der Waals surface area (Å²) in [5.41, 5.74) is 5.08. The van der Waals surface area contributed by atoms with Crippen molar-refractivity contribution in [2.75, 3.05) is 29.1 Å². The number of carbonyl (C=O) groups excluding carboxylic acids is 1. The lowest BCUT2D eigenvalue weighted by Gasteiger charge is -2.23. The quantitative estimate of drug-likeness (QED) is 0.0947. The van der Waals surface area contributed by atoms with Crippen molar-refractivity contribution in [2.24, 2.45) is 0 Å². The maximum atomic E-state index is 14.3. The summed E-state index contributed by atoms with van der Waals surface area (Å²) >= 11 is 0. The first-order valence-corrected chi connectivity index (χ1v) is 19.1. The van der Waals surface area contributed by atoms with Gasteiger partial charge in [0.1, 0.15) is 11.5 Å². The molecule has 0 saturated carbocycles. The summed E-state index contributed by atoms with van der Waals surface area (Å²) in [5.74, 6) is 1.03. The first-order chi connectivity index (χ1) is 23.8. The highest BCUT2D eigenvalue weighted by atomic mass is 32.2. The first kappa shape index (κ1) is 38.3. The molecule has 0 atom stereocenters. The smallest absolute Gasteiger partial charge is 0.262 e. The third-order valence-electron chi connectivity index (χ3n) is 8.62. The predicted octanol–water partition coefficient (Wildman–Crippen LogP) is 10.8. The lowest BCUT2D eigenvalue weighted by molar-refractivity contribution is 0.102. The van der Waals surface area contributed by atoms with Crippen LogP contribution in [0.25, 0.3) is 0 Å². The summed E-state index contributed by atoms with van der Waals surface area (Å²) in [4.78, 5) is 13.9. The van der Waals surface area contributed by atoms with Gasteiger partial charge in [-0.05, 0) is 95.5 Å². The zero-order valence-corrected chi connectivity index (χ0v) is 31.5.